The number of nitrogen functional groups attached to an aromatic ring is 1. The van der Waals surface area contributed by atoms with Gasteiger partial charge in [-0.2, -0.15) is 0 Å². The first-order valence-electron chi connectivity index (χ1n) is 15.3. The van der Waals surface area contributed by atoms with Crippen LogP contribution in [-0.4, -0.2) is 58.2 Å². The van der Waals surface area contributed by atoms with E-state index in [1.165, 1.54) is 18.3 Å². The highest BCUT2D eigenvalue weighted by Crippen LogP contribution is 2.40. The summed E-state index contributed by atoms with van der Waals surface area (Å²) in [5.41, 5.74) is 6.27. The summed E-state index contributed by atoms with van der Waals surface area (Å²) in [7, 11) is 0. The van der Waals surface area contributed by atoms with Crippen LogP contribution in [0.1, 0.15) is 112 Å². The molecule has 0 aliphatic carbocycles. The second kappa shape index (κ2) is 16.0. The normalized spacial score (nSPS) is 19.5. The average Bonchev–Trinajstić information content (AvgIpc) is 3.29. The molecule has 4 N–H and O–H groups in total. The number of carbonyl (C=O) groups is 3. The number of rotatable bonds is 19. The number of nitrogens with two attached hydrogens (primary N) is 1. The lowest BCUT2D eigenvalue weighted by atomic mass is 9.72. The first-order valence-corrected chi connectivity index (χ1v) is 16.2. The SMILES string of the molecule is CCC[C@H](C)[C@H](O)[C@@H](CCCCNC(C)=O)C(=O)C(C)(C)CCC(=O)O[C@@H](C[C@@H]1OC1(C)C)/C(C)=C/c1csc(N)n1. The molecule has 0 saturated carbocycles. The molecule has 0 radical (unpaired) electrons. The number of nitrogens with one attached hydrogen (secondary N) is 1. The van der Waals surface area contributed by atoms with Crippen molar-refractivity contribution < 1.29 is 29.0 Å². The van der Waals surface area contributed by atoms with Gasteiger partial charge in [0.2, 0.25) is 5.91 Å². The van der Waals surface area contributed by atoms with Crippen LogP contribution >= 0.6 is 11.3 Å². The number of aromatic nitrogens is 1. The predicted octanol–water partition coefficient (Wildman–Crippen LogP) is 5.70. The van der Waals surface area contributed by atoms with Gasteiger partial charge >= 0.3 is 5.97 Å². The van der Waals surface area contributed by atoms with Crippen molar-refractivity contribution in [1.29, 1.82) is 0 Å². The number of thiazole rings is 1. The highest BCUT2D eigenvalue weighted by Gasteiger charge is 2.49. The lowest BCUT2D eigenvalue weighted by molar-refractivity contribution is -0.149. The molecule has 1 fully saturated rings. The molecule has 2 rings (SSSR count). The van der Waals surface area contributed by atoms with E-state index in [-0.39, 0.29) is 41.7 Å². The molecule has 1 saturated heterocycles. The van der Waals surface area contributed by atoms with Crippen LogP contribution in [0.25, 0.3) is 6.08 Å². The van der Waals surface area contributed by atoms with Crippen molar-refractivity contribution in [2.75, 3.05) is 12.3 Å². The number of ether oxygens (including phenoxy) is 2. The Hall–Kier alpha value is -2.30. The zero-order chi connectivity index (χ0) is 31.7. The minimum absolute atomic E-state index is 0.0162. The van der Waals surface area contributed by atoms with Crippen molar-refractivity contribution in [1.82, 2.24) is 10.3 Å². The lowest BCUT2D eigenvalue weighted by Gasteiger charge is -2.33. The standard InChI is InChI=1S/C32H53N3O6S/c1-9-12-20(2)28(38)24(13-10-11-16-34-22(4)36)29(39)31(5,6)15-14-27(37)40-25(18-26-32(7,8)41-26)21(3)17-23-19-42-30(33)35-23/h17,19-20,24-26,28,38H,9-16,18H2,1-8H3,(H2,33,35)(H,34,36)/b21-17+/t20-,24+,25-,26-,28-/m0/s1. The second-order valence-electron chi connectivity index (χ2n) is 13.0. The van der Waals surface area contributed by atoms with Crippen molar-refractivity contribution in [3.8, 4) is 0 Å². The number of unbranched alkanes of at least 4 members (excludes halogenated alkanes) is 1. The summed E-state index contributed by atoms with van der Waals surface area (Å²) < 4.78 is 11.7. The van der Waals surface area contributed by atoms with Gasteiger partial charge in [-0.25, -0.2) is 4.98 Å². The van der Waals surface area contributed by atoms with Crippen molar-refractivity contribution >= 4 is 40.2 Å². The third-order valence-electron chi connectivity index (χ3n) is 8.30. The fourth-order valence-electron chi connectivity index (χ4n) is 5.37. The Balaban J connectivity index is 2.07. The summed E-state index contributed by atoms with van der Waals surface area (Å²) in [6.45, 7) is 15.7. The Labute approximate surface area is 256 Å². The molecule has 0 aromatic carbocycles. The fourth-order valence-corrected chi connectivity index (χ4v) is 5.89. The van der Waals surface area contributed by atoms with Gasteiger partial charge in [-0.3, -0.25) is 14.4 Å². The van der Waals surface area contributed by atoms with E-state index in [4.69, 9.17) is 15.2 Å². The van der Waals surface area contributed by atoms with Gasteiger partial charge in [-0.15, -0.1) is 11.3 Å². The smallest absolute Gasteiger partial charge is 0.306 e. The molecule has 1 aliphatic heterocycles. The van der Waals surface area contributed by atoms with Gasteiger partial charge in [0.25, 0.3) is 0 Å². The highest BCUT2D eigenvalue weighted by atomic mass is 32.1. The Morgan fingerprint density at radius 3 is 2.48 bits per heavy atom. The molecule has 9 nitrogen and oxygen atoms in total. The summed E-state index contributed by atoms with van der Waals surface area (Å²) in [5.74, 6) is -1.05. The molecule has 2 heterocycles. The van der Waals surface area contributed by atoms with Crippen LogP contribution in [0.4, 0.5) is 5.13 Å². The monoisotopic (exact) mass is 607 g/mol. The van der Waals surface area contributed by atoms with Crippen LogP contribution < -0.4 is 11.1 Å². The predicted molar refractivity (Wildman–Crippen MR) is 168 cm³/mol. The maximum Gasteiger partial charge on any atom is 0.306 e. The minimum Gasteiger partial charge on any atom is -0.458 e. The van der Waals surface area contributed by atoms with Gasteiger partial charge in [-0.05, 0) is 64.0 Å². The Bertz CT molecular complexity index is 1080. The zero-order valence-corrected chi connectivity index (χ0v) is 27.6. The number of esters is 1. The Morgan fingerprint density at radius 1 is 1.26 bits per heavy atom. The third kappa shape index (κ3) is 11.4. The van der Waals surface area contributed by atoms with Gasteiger partial charge in [0.05, 0.1) is 23.5 Å². The number of aliphatic hydroxyl groups excluding tert-OH is 1. The minimum atomic E-state index is -0.825. The number of Topliss-reactive ketones (excluding diaryl/α,β-unsaturated/α-hetero) is 1. The molecule has 1 aliphatic rings. The van der Waals surface area contributed by atoms with Crippen molar-refractivity contribution in [2.24, 2.45) is 17.3 Å². The summed E-state index contributed by atoms with van der Waals surface area (Å²) in [6.07, 6.45) is 5.26. The summed E-state index contributed by atoms with van der Waals surface area (Å²) >= 11 is 1.35. The molecular formula is C32H53N3O6S. The Kier molecular flexibility index (Phi) is 13.6. The molecule has 0 unspecified atom stereocenters. The largest absolute Gasteiger partial charge is 0.458 e. The van der Waals surface area contributed by atoms with Gasteiger partial charge in [0.1, 0.15) is 11.9 Å². The molecule has 5 atom stereocenters. The molecule has 0 spiro atoms. The maximum atomic E-state index is 13.8. The second-order valence-corrected chi connectivity index (χ2v) is 13.9. The Morgan fingerprint density at radius 2 is 1.93 bits per heavy atom. The third-order valence-corrected chi connectivity index (χ3v) is 8.99. The number of amides is 1. The molecular weight excluding hydrogens is 554 g/mol. The van der Waals surface area contributed by atoms with E-state index < -0.39 is 23.5 Å². The van der Waals surface area contributed by atoms with E-state index >= 15 is 0 Å². The van der Waals surface area contributed by atoms with Crippen LogP contribution in [0.3, 0.4) is 0 Å². The van der Waals surface area contributed by atoms with Crippen LogP contribution in [0.15, 0.2) is 11.0 Å². The van der Waals surface area contributed by atoms with Crippen molar-refractivity contribution in [3.63, 3.8) is 0 Å². The lowest BCUT2D eigenvalue weighted by Crippen LogP contribution is -2.41. The fraction of sp³-hybridized carbons (Fsp3) is 0.750. The molecule has 238 valence electrons. The van der Waals surface area contributed by atoms with Crippen molar-refractivity contribution in [3.05, 3.63) is 16.6 Å². The number of ketones is 1. The van der Waals surface area contributed by atoms with E-state index in [0.29, 0.717) is 37.4 Å². The average molecular weight is 608 g/mol. The molecule has 0 bridgehead atoms. The van der Waals surface area contributed by atoms with Gasteiger partial charge in [-0.1, -0.05) is 40.5 Å². The van der Waals surface area contributed by atoms with E-state index in [1.807, 2.05) is 53.0 Å². The van der Waals surface area contributed by atoms with Crippen LogP contribution in [-0.2, 0) is 23.9 Å². The number of hydrogen-bond acceptors (Lipinski definition) is 9. The molecule has 1 aromatic rings. The summed E-state index contributed by atoms with van der Waals surface area (Å²) in [6, 6.07) is 0. The molecule has 42 heavy (non-hydrogen) atoms. The van der Waals surface area contributed by atoms with Crippen LogP contribution in [0.2, 0.25) is 0 Å². The van der Waals surface area contributed by atoms with Crippen LogP contribution in [0.5, 0.6) is 0 Å². The first-order chi connectivity index (χ1) is 19.6. The van der Waals surface area contributed by atoms with Crippen LogP contribution in [0, 0.1) is 17.3 Å². The number of hydrogen-bond donors (Lipinski definition) is 3. The number of nitrogens with zero attached hydrogens (tertiary/aromatic N) is 1. The van der Waals surface area contributed by atoms with Crippen molar-refractivity contribution in [2.45, 2.75) is 131 Å². The van der Waals surface area contributed by atoms with Gasteiger partial charge in [0, 0.05) is 43.0 Å². The van der Waals surface area contributed by atoms with E-state index in [0.717, 1.165) is 30.5 Å². The molecule has 10 heteroatoms. The van der Waals surface area contributed by atoms with E-state index in [1.54, 1.807) is 0 Å². The first kappa shape index (κ1) is 35.9. The van der Waals surface area contributed by atoms with E-state index in [9.17, 15) is 19.5 Å². The number of anilines is 1. The van der Waals surface area contributed by atoms with E-state index in [2.05, 4.69) is 17.2 Å². The van der Waals surface area contributed by atoms with Gasteiger partial charge < -0.3 is 25.6 Å². The maximum absolute atomic E-state index is 13.8. The molecule has 1 aromatic heterocycles. The quantitative estimate of drug-likeness (QED) is 0.103. The topological polar surface area (TPSA) is 144 Å². The number of carbonyl (C=O) groups excluding carboxylic acids is 3. The zero-order valence-electron chi connectivity index (χ0n) is 26.8. The number of epoxide rings is 1. The van der Waals surface area contributed by atoms with Gasteiger partial charge in [0.15, 0.2) is 5.13 Å². The number of aliphatic hydroxyl groups is 1. The highest BCUT2D eigenvalue weighted by molar-refractivity contribution is 7.13. The summed E-state index contributed by atoms with van der Waals surface area (Å²) in [4.78, 5) is 42.4. The summed E-state index contributed by atoms with van der Waals surface area (Å²) in [5, 5.41) is 16.3. The molecule has 1 amide bonds.